The molecule has 0 saturated carbocycles. The van der Waals surface area contributed by atoms with E-state index in [0.29, 0.717) is 6.29 Å². The first-order valence-electron chi connectivity index (χ1n) is 7.93. The first-order chi connectivity index (χ1) is 12.6. The van der Waals surface area contributed by atoms with Crippen molar-refractivity contribution in [3.8, 4) is 0 Å². The van der Waals surface area contributed by atoms with Crippen molar-refractivity contribution in [3.05, 3.63) is 46.7 Å². The number of hydrogen-bond acceptors (Lipinski definition) is 5. The summed E-state index contributed by atoms with van der Waals surface area (Å²) in [5.41, 5.74) is -1.32. The van der Waals surface area contributed by atoms with Crippen LogP contribution in [0.1, 0.15) is 30.9 Å². The number of aliphatic carboxylic acids is 1. The third kappa shape index (κ3) is 4.07. The molecular formula is C18H16F3NO5. The Morgan fingerprint density at radius 3 is 2.30 bits per heavy atom. The third-order valence-corrected chi connectivity index (χ3v) is 4.14. The molecule has 0 saturated heterocycles. The van der Waals surface area contributed by atoms with Crippen LogP contribution in [0, 0.1) is 5.92 Å². The van der Waals surface area contributed by atoms with Gasteiger partial charge in [-0.3, -0.25) is 14.6 Å². The molecule has 144 valence electrons. The Bertz CT molecular complexity index is 824. The molecule has 0 aliphatic carbocycles. The number of carboxylic acid groups (broad SMARTS) is 1. The molecule has 9 heteroatoms. The highest BCUT2D eigenvalue weighted by atomic mass is 19.4. The molecule has 0 fully saturated rings. The minimum atomic E-state index is -4.57. The van der Waals surface area contributed by atoms with E-state index in [0.717, 1.165) is 24.3 Å². The molecule has 2 unspecified atom stereocenters. The minimum Gasteiger partial charge on any atom is -0.481 e. The summed E-state index contributed by atoms with van der Waals surface area (Å²) in [6.07, 6.45) is -4.27. The summed E-state index contributed by atoms with van der Waals surface area (Å²) in [5, 5.41) is 9.59. The fraction of sp³-hybridized carbons (Fsp3) is 0.333. The van der Waals surface area contributed by atoms with Crippen LogP contribution in [0.5, 0.6) is 0 Å². The van der Waals surface area contributed by atoms with E-state index in [9.17, 15) is 32.7 Å². The Balaban J connectivity index is 2.66. The lowest BCUT2D eigenvalue weighted by atomic mass is 9.75. The van der Waals surface area contributed by atoms with Crippen LogP contribution in [-0.2, 0) is 25.3 Å². The monoisotopic (exact) mass is 383 g/mol. The number of hydrogen-bond donors (Lipinski definition) is 1. The van der Waals surface area contributed by atoms with Gasteiger partial charge in [0.05, 0.1) is 17.7 Å². The van der Waals surface area contributed by atoms with Crippen molar-refractivity contribution in [1.82, 2.24) is 0 Å². The third-order valence-electron chi connectivity index (χ3n) is 4.14. The van der Waals surface area contributed by atoms with Gasteiger partial charge in [-0.2, -0.15) is 13.2 Å². The number of rotatable bonds is 5. The van der Waals surface area contributed by atoms with Crippen molar-refractivity contribution in [1.29, 1.82) is 0 Å². The maximum absolute atomic E-state index is 12.8. The Kier molecular flexibility index (Phi) is 5.82. The summed E-state index contributed by atoms with van der Waals surface area (Å²) in [7, 11) is 0. The lowest BCUT2D eigenvalue weighted by Crippen LogP contribution is -2.36. The number of esters is 1. The quantitative estimate of drug-likeness (QED) is 0.623. The zero-order valence-corrected chi connectivity index (χ0v) is 14.4. The SMILES string of the molecule is CCOC(=O)C1=C(C=O)N=C(C)C(C(=O)O)C1c1ccc(C(F)(F)F)cc1. The highest BCUT2D eigenvalue weighted by Gasteiger charge is 2.42. The number of ether oxygens (including phenoxy) is 1. The van der Waals surface area contributed by atoms with Gasteiger partial charge in [0.15, 0.2) is 6.29 Å². The van der Waals surface area contributed by atoms with Gasteiger partial charge >= 0.3 is 18.1 Å². The molecule has 1 N–H and O–H groups in total. The van der Waals surface area contributed by atoms with Crippen LogP contribution in [-0.4, -0.2) is 35.6 Å². The Morgan fingerprint density at radius 1 is 1.26 bits per heavy atom. The van der Waals surface area contributed by atoms with Crippen LogP contribution < -0.4 is 0 Å². The van der Waals surface area contributed by atoms with Gasteiger partial charge in [-0.15, -0.1) is 0 Å². The van der Waals surface area contributed by atoms with Gasteiger partial charge in [-0.05, 0) is 31.5 Å². The van der Waals surface area contributed by atoms with Gasteiger partial charge in [-0.1, -0.05) is 12.1 Å². The molecule has 1 heterocycles. The van der Waals surface area contributed by atoms with E-state index in [1.807, 2.05) is 0 Å². The summed E-state index contributed by atoms with van der Waals surface area (Å²) in [4.78, 5) is 39.4. The second-order valence-corrected chi connectivity index (χ2v) is 5.80. The van der Waals surface area contributed by atoms with Gasteiger partial charge in [-0.25, -0.2) is 4.79 Å². The van der Waals surface area contributed by atoms with E-state index >= 15 is 0 Å². The summed E-state index contributed by atoms with van der Waals surface area (Å²) < 4.78 is 43.3. The number of benzene rings is 1. The predicted octanol–water partition coefficient (Wildman–Crippen LogP) is 2.98. The smallest absolute Gasteiger partial charge is 0.416 e. The highest BCUT2D eigenvalue weighted by Crippen LogP contribution is 2.40. The average molecular weight is 383 g/mol. The maximum atomic E-state index is 12.8. The van der Waals surface area contributed by atoms with Gasteiger partial charge in [0, 0.05) is 11.6 Å². The number of carboxylic acids is 1. The number of halogens is 3. The fourth-order valence-electron chi connectivity index (χ4n) is 2.98. The van der Waals surface area contributed by atoms with E-state index in [2.05, 4.69) is 4.99 Å². The lowest BCUT2D eigenvalue weighted by molar-refractivity contribution is -0.141. The van der Waals surface area contributed by atoms with Crippen molar-refractivity contribution < 1.29 is 37.4 Å². The van der Waals surface area contributed by atoms with Crippen LogP contribution in [0.4, 0.5) is 13.2 Å². The maximum Gasteiger partial charge on any atom is 0.416 e. The zero-order chi connectivity index (χ0) is 20.4. The van der Waals surface area contributed by atoms with Crippen molar-refractivity contribution in [2.75, 3.05) is 6.61 Å². The standard InChI is InChI=1S/C18H16F3NO5/c1-3-27-17(26)15-12(8-23)22-9(2)13(16(24)25)14(15)10-4-6-11(7-5-10)18(19,20)21/h4-8,13-14H,3H2,1-2H3,(H,24,25). The topological polar surface area (TPSA) is 93.0 Å². The summed E-state index contributed by atoms with van der Waals surface area (Å²) in [6, 6.07) is 3.75. The first-order valence-corrected chi connectivity index (χ1v) is 7.93. The molecule has 0 aromatic heterocycles. The number of nitrogens with zero attached hydrogens (tertiary/aromatic N) is 1. The molecule has 1 aromatic rings. The largest absolute Gasteiger partial charge is 0.481 e. The Labute approximate surface area is 152 Å². The molecule has 0 bridgehead atoms. The summed E-state index contributed by atoms with van der Waals surface area (Å²) >= 11 is 0. The second kappa shape index (κ2) is 7.73. The van der Waals surface area contributed by atoms with Gasteiger partial charge in [0.1, 0.15) is 11.6 Å². The highest BCUT2D eigenvalue weighted by molar-refractivity contribution is 6.09. The predicted molar refractivity (Wildman–Crippen MR) is 88.1 cm³/mol. The Hall–Kier alpha value is -2.97. The van der Waals surface area contributed by atoms with Crippen molar-refractivity contribution >= 4 is 23.9 Å². The average Bonchev–Trinajstić information content (AvgIpc) is 2.59. The van der Waals surface area contributed by atoms with Gasteiger partial charge in [0.2, 0.25) is 0 Å². The van der Waals surface area contributed by atoms with E-state index in [4.69, 9.17) is 4.74 Å². The molecule has 1 aromatic carbocycles. The second-order valence-electron chi connectivity index (χ2n) is 5.80. The van der Waals surface area contributed by atoms with Crippen molar-refractivity contribution in [2.24, 2.45) is 10.9 Å². The van der Waals surface area contributed by atoms with Crippen LogP contribution >= 0.6 is 0 Å². The molecule has 0 radical (unpaired) electrons. The molecule has 27 heavy (non-hydrogen) atoms. The number of allylic oxidation sites excluding steroid dienone is 1. The number of carbonyl (C=O) groups is 3. The van der Waals surface area contributed by atoms with Crippen LogP contribution in [0.25, 0.3) is 0 Å². The van der Waals surface area contributed by atoms with E-state index in [-0.39, 0.29) is 29.2 Å². The summed E-state index contributed by atoms with van der Waals surface area (Å²) in [5.74, 6) is -4.80. The molecule has 2 rings (SSSR count). The summed E-state index contributed by atoms with van der Waals surface area (Å²) in [6.45, 7) is 2.87. The normalized spacial score (nSPS) is 20.1. The Morgan fingerprint density at radius 2 is 1.85 bits per heavy atom. The van der Waals surface area contributed by atoms with Gasteiger partial charge in [0.25, 0.3) is 0 Å². The van der Waals surface area contributed by atoms with Crippen molar-refractivity contribution in [2.45, 2.75) is 25.9 Å². The van der Waals surface area contributed by atoms with E-state index in [1.165, 1.54) is 13.8 Å². The van der Waals surface area contributed by atoms with Crippen LogP contribution in [0.2, 0.25) is 0 Å². The number of alkyl halides is 3. The number of aldehydes is 1. The van der Waals surface area contributed by atoms with Gasteiger partial charge < -0.3 is 9.84 Å². The number of aliphatic imine (C=N–C) groups is 1. The molecule has 6 nitrogen and oxygen atoms in total. The number of carbonyl (C=O) groups excluding carboxylic acids is 2. The first kappa shape index (κ1) is 20.3. The molecule has 0 spiro atoms. The fourth-order valence-corrected chi connectivity index (χ4v) is 2.98. The lowest BCUT2D eigenvalue weighted by Gasteiger charge is -2.30. The molecule has 2 atom stereocenters. The van der Waals surface area contributed by atoms with E-state index in [1.54, 1.807) is 0 Å². The molecular weight excluding hydrogens is 367 g/mol. The van der Waals surface area contributed by atoms with Crippen molar-refractivity contribution in [3.63, 3.8) is 0 Å². The van der Waals surface area contributed by atoms with Crippen LogP contribution in [0.15, 0.2) is 40.5 Å². The molecule has 1 aliphatic rings. The zero-order valence-electron chi connectivity index (χ0n) is 14.4. The molecule has 0 amide bonds. The molecule has 1 aliphatic heterocycles. The minimum absolute atomic E-state index is 0.0331. The van der Waals surface area contributed by atoms with Crippen LogP contribution in [0.3, 0.4) is 0 Å². The van der Waals surface area contributed by atoms with E-state index < -0.39 is 35.5 Å².